The molecule has 0 saturated heterocycles. The number of rotatable bonds is 3. The van der Waals surface area contributed by atoms with E-state index >= 15 is 0 Å². The molecule has 17 heavy (non-hydrogen) atoms. The fraction of sp³-hybridized carbons (Fsp3) is 0. The minimum Gasteiger partial charge on any atom is -0.445 e. The van der Waals surface area contributed by atoms with Gasteiger partial charge in [0, 0.05) is 5.56 Å². The van der Waals surface area contributed by atoms with Gasteiger partial charge in [0.2, 0.25) is 0 Å². The lowest BCUT2D eigenvalue weighted by Gasteiger charge is -2.09. The summed E-state index contributed by atoms with van der Waals surface area (Å²) < 4.78 is 5.56. The van der Waals surface area contributed by atoms with Gasteiger partial charge in [0.05, 0.1) is 0 Å². The highest BCUT2D eigenvalue weighted by atomic mass is 32.1. The van der Waals surface area contributed by atoms with E-state index in [0.717, 1.165) is 16.9 Å². The maximum Gasteiger partial charge on any atom is 0.190 e. The predicted molar refractivity (Wildman–Crippen MR) is 75.3 cm³/mol. The smallest absolute Gasteiger partial charge is 0.190 e. The van der Waals surface area contributed by atoms with E-state index in [0.29, 0.717) is 5.05 Å². The van der Waals surface area contributed by atoms with E-state index in [-0.39, 0.29) is 0 Å². The van der Waals surface area contributed by atoms with Gasteiger partial charge in [-0.3, -0.25) is 0 Å². The molecule has 1 nitrogen and oxygen atoms in total. The second kappa shape index (κ2) is 5.41. The zero-order chi connectivity index (χ0) is 12.1. The van der Waals surface area contributed by atoms with Crippen molar-refractivity contribution in [3.8, 4) is 16.9 Å². The molecule has 0 heterocycles. The third kappa shape index (κ3) is 2.80. The highest BCUT2D eigenvalue weighted by Crippen LogP contribution is 2.29. The van der Waals surface area contributed by atoms with Crippen molar-refractivity contribution in [3.05, 3.63) is 67.3 Å². The minimum atomic E-state index is 0.383. The van der Waals surface area contributed by atoms with Gasteiger partial charge in [-0.15, -0.1) is 0 Å². The van der Waals surface area contributed by atoms with Crippen molar-refractivity contribution < 1.29 is 4.74 Å². The van der Waals surface area contributed by atoms with Crippen LogP contribution in [0.5, 0.6) is 5.75 Å². The van der Waals surface area contributed by atoms with Gasteiger partial charge in [0.25, 0.3) is 0 Å². The molecule has 0 fully saturated rings. The average molecular weight is 240 g/mol. The van der Waals surface area contributed by atoms with Crippen molar-refractivity contribution in [1.82, 2.24) is 0 Å². The Balaban J connectivity index is 2.41. The first-order chi connectivity index (χ1) is 8.31. The number of para-hydroxylation sites is 1. The van der Waals surface area contributed by atoms with Gasteiger partial charge in [0.15, 0.2) is 5.05 Å². The predicted octanol–water partition coefficient (Wildman–Crippen LogP) is 4.25. The van der Waals surface area contributed by atoms with Crippen molar-refractivity contribution in [2.75, 3.05) is 0 Å². The Bertz CT molecular complexity index is 532. The number of thiocarbonyl (C=S) groups is 1. The van der Waals surface area contributed by atoms with E-state index in [1.807, 2.05) is 54.6 Å². The summed E-state index contributed by atoms with van der Waals surface area (Å²) in [5.41, 5.74) is 2.13. The van der Waals surface area contributed by atoms with Gasteiger partial charge in [-0.2, -0.15) is 0 Å². The van der Waals surface area contributed by atoms with Crippen LogP contribution in [0.1, 0.15) is 0 Å². The molecule has 0 saturated carbocycles. The molecule has 2 rings (SSSR count). The van der Waals surface area contributed by atoms with E-state index in [9.17, 15) is 0 Å². The molecule has 0 atom stereocenters. The molecule has 0 aliphatic carbocycles. The third-order valence-corrected chi connectivity index (χ3v) is 2.60. The number of benzene rings is 2. The Kier molecular flexibility index (Phi) is 3.68. The Hall–Kier alpha value is -1.93. The summed E-state index contributed by atoms with van der Waals surface area (Å²) in [4.78, 5) is 0. The molecule has 0 N–H and O–H groups in total. The molecule has 0 amide bonds. The maximum atomic E-state index is 5.56. The summed E-state index contributed by atoms with van der Waals surface area (Å²) >= 11 is 5.01. The highest BCUT2D eigenvalue weighted by molar-refractivity contribution is 7.80. The number of hydrogen-bond acceptors (Lipinski definition) is 2. The maximum absolute atomic E-state index is 5.56. The van der Waals surface area contributed by atoms with E-state index in [4.69, 9.17) is 17.0 Å². The normalized spacial score (nSPS) is 9.65. The highest BCUT2D eigenvalue weighted by Gasteiger charge is 2.05. The van der Waals surface area contributed by atoms with E-state index < -0.39 is 0 Å². The summed E-state index contributed by atoms with van der Waals surface area (Å²) in [6.07, 6.45) is 1.52. The molecule has 0 radical (unpaired) electrons. The Morgan fingerprint density at radius 3 is 2.35 bits per heavy atom. The third-order valence-electron chi connectivity index (χ3n) is 2.35. The lowest BCUT2D eigenvalue weighted by Crippen LogP contribution is -2.01. The minimum absolute atomic E-state index is 0.383. The Morgan fingerprint density at radius 1 is 1.00 bits per heavy atom. The molecule has 2 heteroatoms. The number of hydrogen-bond donors (Lipinski definition) is 0. The molecule has 0 bridgehead atoms. The summed E-state index contributed by atoms with van der Waals surface area (Å²) in [7, 11) is 0. The second-order valence-electron chi connectivity index (χ2n) is 3.49. The topological polar surface area (TPSA) is 9.23 Å². The van der Waals surface area contributed by atoms with Gasteiger partial charge in [-0.25, -0.2) is 0 Å². The zero-order valence-corrected chi connectivity index (χ0v) is 10.1. The van der Waals surface area contributed by atoms with Crippen molar-refractivity contribution in [2.45, 2.75) is 0 Å². The Morgan fingerprint density at radius 2 is 1.65 bits per heavy atom. The Labute approximate surface area is 106 Å². The fourth-order valence-electron chi connectivity index (χ4n) is 1.56. The van der Waals surface area contributed by atoms with Crippen molar-refractivity contribution >= 4 is 17.3 Å². The first kappa shape index (κ1) is 11.6. The van der Waals surface area contributed by atoms with E-state index in [1.165, 1.54) is 6.08 Å². The second-order valence-corrected chi connectivity index (χ2v) is 3.89. The van der Waals surface area contributed by atoms with Crippen LogP contribution in [0.15, 0.2) is 67.3 Å². The van der Waals surface area contributed by atoms with Crippen LogP contribution in [0.4, 0.5) is 0 Å². The van der Waals surface area contributed by atoms with Crippen LogP contribution in [0.25, 0.3) is 11.1 Å². The monoisotopic (exact) mass is 240 g/mol. The van der Waals surface area contributed by atoms with Crippen LogP contribution < -0.4 is 4.74 Å². The van der Waals surface area contributed by atoms with Gasteiger partial charge < -0.3 is 4.74 Å². The van der Waals surface area contributed by atoms with E-state index in [1.54, 1.807) is 0 Å². The standard InChI is InChI=1S/C15H12OS/c1-2-15(17)16-14-11-7-6-10-13(14)12-8-4-3-5-9-12/h2-11H,1H2. The average Bonchev–Trinajstić information content (AvgIpc) is 2.40. The van der Waals surface area contributed by atoms with Crippen LogP contribution in [-0.4, -0.2) is 5.05 Å². The molecule has 84 valence electrons. The number of ether oxygens (including phenoxy) is 1. The summed E-state index contributed by atoms with van der Waals surface area (Å²) in [5.74, 6) is 0.753. The largest absolute Gasteiger partial charge is 0.445 e. The van der Waals surface area contributed by atoms with Crippen LogP contribution >= 0.6 is 12.2 Å². The van der Waals surface area contributed by atoms with Crippen molar-refractivity contribution in [1.29, 1.82) is 0 Å². The van der Waals surface area contributed by atoms with Crippen LogP contribution in [0, 0.1) is 0 Å². The van der Waals surface area contributed by atoms with Gasteiger partial charge in [-0.1, -0.05) is 55.1 Å². The van der Waals surface area contributed by atoms with Gasteiger partial charge in [-0.05, 0) is 29.9 Å². The molecule has 2 aromatic carbocycles. The quantitative estimate of drug-likeness (QED) is 0.586. The van der Waals surface area contributed by atoms with Crippen LogP contribution in [0.2, 0.25) is 0 Å². The van der Waals surface area contributed by atoms with E-state index in [2.05, 4.69) is 6.58 Å². The first-order valence-corrected chi connectivity index (χ1v) is 5.71. The molecule has 0 aliphatic rings. The first-order valence-electron chi connectivity index (χ1n) is 5.30. The fourth-order valence-corrected chi connectivity index (χ4v) is 1.65. The van der Waals surface area contributed by atoms with Crippen LogP contribution in [0.3, 0.4) is 0 Å². The zero-order valence-electron chi connectivity index (χ0n) is 9.30. The summed E-state index contributed by atoms with van der Waals surface area (Å²) in [6, 6.07) is 17.9. The summed E-state index contributed by atoms with van der Waals surface area (Å²) in [6.45, 7) is 3.59. The lowest BCUT2D eigenvalue weighted by molar-refractivity contribution is 0.571. The molecule has 0 spiro atoms. The van der Waals surface area contributed by atoms with Crippen LogP contribution in [-0.2, 0) is 0 Å². The summed E-state index contributed by atoms with van der Waals surface area (Å²) in [5, 5.41) is 0.383. The molecule has 2 aromatic rings. The SMILES string of the molecule is C=CC(=S)Oc1ccccc1-c1ccccc1. The van der Waals surface area contributed by atoms with Gasteiger partial charge >= 0.3 is 0 Å². The molecule has 0 aliphatic heterocycles. The van der Waals surface area contributed by atoms with Gasteiger partial charge in [0.1, 0.15) is 5.75 Å². The molecule has 0 aromatic heterocycles. The lowest BCUT2D eigenvalue weighted by atomic mass is 10.1. The molecular formula is C15H12OS. The molecule has 0 unspecified atom stereocenters. The van der Waals surface area contributed by atoms with Crippen molar-refractivity contribution in [3.63, 3.8) is 0 Å². The van der Waals surface area contributed by atoms with Crippen molar-refractivity contribution in [2.24, 2.45) is 0 Å². The molecular weight excluding hydrogens is 228 g/mol.